The quantitative estimate of drug-likeness (QED) is 0.793. The van der Waals surface area contributed by atoms with Crippen LogP contribution >= 0.6 is 23.6 Å². The molecule has 0 aromatic carbocycles. The first-order valence-electron chi connectivity index (χ1n) is 6.54. The average Bonchev–Trinajstić information content (AvgIpc) is 2.94. The van der Waals surface area contributed by atoms with Crippen LogP contribution in [0.1, 0.15) is 54.8 Å². The highest BCUT2D eigenvalue weighted by atomic mass is 32.1. The standard InChI is InChI=1S/C14H18N2S2/c1-9(2)12-8-15-14(17)16(12)11-4-3-5-13-10(11)6-7-18-13/h6-9,11H,3-5H2,1-2H3,(H,15,17). The molecule has 2 aromatic rings. The summed E-state index contributed by atoms with van der Waals surface area (Å²) in [5.41, 5.74) is 2.81. The molecule has 1 aliphatic carbocycles. The fourth-order valence-corrected chi connectivity index (χ4v) is 4.16. The first-order valence-corrected chi connectivity index (χ1v) is 7.83. The molecule has 0 bridgehead atoms. The monoisotopic (exact) mass is 278 g/mol. The number of imidazole rings is 1. The third kappa shape index (κ3) is 1.88. The molecule has 3 rings (SSSR count). The van der Waals surface area contributed by atoms with Crippen molar-refractivity contribution in [3.63, 3.8) is 0 Å². The normalized spacial score (nSPS) is 19.2. The Labute approximate surface area is 117 Å². The Morgan fingerprint density at radius 2 is 2.33 bits per heavy atom. The lowest BCUT2D eigenvalue weighted by atomic mass is 9.93. The van der Waals surface area contributed by atoms with Crippen LogP contribution in [0, 0.1) is 4.77 Å². The first-order chi connectivity index (χ1) is 8.68. The van der Waals surface area contributed by atoms with Crippen molar-refractivity contribution >= 4 is 23.6 Å². The lowest BCUT2D eigenvalue weighted by Crippen LogP contribution is -2.18. The molecular formula is C14H18N2S2. The lowest BCUT2D eigenvalue weighted by molar-refractivity contribution is 0.471. The topological polar surface area (TPSA) is 20.7 Å². The largest absolute Gasteiger partial charge is 0.337 e. The van der Waals surface area contributed by atoms with Gasteiger partial charge in [0.25, 0.3) is 0 Å². The molecule has 2 aromatic heterocycles. The van der Waals surface area contributed by atoms with E-state index in [9.17, 15) is 0 Å². The van der Waals surface area contributed by atoms with Gasteiger partial charge in [-0.25, -0.2) is 0 Å². The maximum atomic E-state index is 5.49. The summed E-state index contributed by atoms with van der Waals surface area (Å²) in [5.74, 6) is 0.502. The number of fused-ring (bicyclic) bond motifs is 1. The van der Waals surface area contributed by atoms with Crippen molar-refractivity contribution in [1.82, 2.24) is 9.55 Å². The van der Waals surface area contributed by atoms with E-state index in [2.05, 4.69) is 41.0 Å². The van der Waals surface area contributed by atoms with Gasteiger partial charge in [0.05, 0.1) is 6.04 Å². The molecule has 0 saturated heterocycles. The van der Waals surface area contributed by atoms with Gasteiger partial charge in [0.15, 0.2) is 4.77 Å². The van der Waals surface area contributed by atoms with E-state index in [1.807, 2.05) is 11.3 Å². The van der Waals surface area contributed by atoms with Gasteiger partial charge in [-0.05, 0) is 54.4 Å². The van der Waals surface area contributed by atoms with E-state index < -0.39 is 0 Å². The van der Waals surface area contributed by atoms with Crippen LogP contribution in [0.3, 0.4) is 0 Å². The highest BCUT2D eigenvalue weighted by molar-refractivity contribution is 7.71. The first kappa shape index (κ1) is 12.2. The SMILES string of the molecule is CC(C)c1c[nH]c(=S)n1C1CCCc2sccc21. The number of nitrogens with one attached hydrogen (secondary N) is 1. The minimum atomic E-state index is 0.441. The maximum absolute atomic E-state index is 5.49. The van der Waals surface area contributed by atoms with Gasteiger partial charge < -0.3 is 9.55 Å². The van der Waals surface area contributed by atoms with Crippen molar-refractivity contribution < 1.29 is 0 Å². The van der Waals surface area contributed by atoms with Crippen molar-refractivity contribution in [1.29, 1.82) is 0 Å². The molecule has 2 heterocycles. The summed E-state index contributed by atoms with van der Waals surface area (Å²) in [6.45, 7) is 4.46. The van der Waals surface area contributed by atoms with E-state index in [0.717, 1.165) is 4.77 Å². The molecule has 1 atom stereocenters. The van der Waals surface area contributed by atoms with Crippen LogP contribution in [0.5, 0.6) is 0 Å². The summed E-state index contributed by atoms with van der Waals surface area (Å²) in [7, 11) is 0. The van der Waals surface area contributed by atoms with Gasteiger partial charge in [0, 0.05) is 16.8 Å². The van der Waals surface area contributed by atoms with Crippen LogP contribution in [-0.2, 0) is 6.42 Å². The van der Waals surface area contributed by atoms with Gasteiger partial charge in [-0.3, -0.25) is 0 Å². The summed E-state index contributed by atoms with van der Waals surface area (Å²) in [6.07, 6.45) is 5.78. The zero-order valence-electron chi connectivity index (χ0n) is 10.8. The van der Waals surface area contributed by atoms with Crippen LogP contribution in [0.2, 0.25) is 0 Å². The summed E-state index contributed by atoms with van der Waals surface area (Å²) in [4.78, 5) is 4.77. The maximum Gasteiger partial charge on any atom is 0.177 e. The van der Waals surface area contributed by atoms with E-state index in [1.165, 1.54) is 30.5 Å². The van der Waals surface area contributed by atoms with Crippen molar-refractivity contribution in [2.24, 2.45) is 0 Å². The number of hydrogen-bond donors (Lipinski definition) is 1. The number of aromatic nitrogens is 2. The Balaban J connectivity index is 2.13. The Bertz CT molecular complexity index is 603. The molecular weight excluding hydrogens is 260 g/mol. The van der Waals surface area contributed by atoms with E-state index in [0.29, 0.717) is 12.0 Å². The van der Waals surface area contributed by atoms with Gasteiger partial charge >= 0.3 is 0 Å². The van der Waals surface area contributed by atoms with Crippen molar-refractivity contribution in [2.45, 2.75) is 45.1 Å². The molecule has 0 amide bonds. The van der Waals surface area contributed by atoms with Crippen LogP contribution in [-0.4, -0.2) is 9.55 Å². The molecule has 1 aliphatic rings. The Kier molecular flexibility index (Phi) is 3.16. The molecule has 96 valence electrons. The second-order valence-electron chi connectivity index (χ2n) is 5.25. The highest BCUT2D eigenvalue weighted by Gasteiger charge is 2.25. The molecule has 0 fully saturated rings. The average molecular weight is 278 g/mol. The van der Waals surface area contributed by atoms with Crippen LogP contribution < -0.4 is 0 Å². The van der Waals surface area contributed by atoms with Crippen LogP contribution in [0.4, 0.5) is 0 Å². The van der Waals surface area contributed by atoms with Crippen molar-refractivity contribution in [3.05, 3.63) is 38.5 Å². The second-order valence-corrected chi connectivity index (χ2v) is 6.64. The molecule has 0 radical (unpaired) electrons. The zero-order chi connectivity index (χ0) is 12.7. The summed E-state index contributed by atoms with van der Waals surface area (Å²) >= 11 is 7.38. The van der Waals surface area contributed by atoms with Gasteiger partial charge in [-0.2, -0.15) is 0 Å². The summed E-state index contributed by atoms with van der Waals surface area (Å²) in [5, 5.41) is 2.22. The number of hydrogen-bond acceptors (Lipinski definition) is 2. The Morgan fingerprint density at radius 1 is 1.50 bits per heavy atom. The molecule has 1 N–H and O–H groups in total. The van der Waals surface area contributed by atoms with E-state index in [-0.39, 0.29) is 0 Å². The lowest BCUT2D eigenvalue weighted by Gasteiger charge is -2.26. The number of nitrogens with zero attached hydrogens (tertiary/aromatic N) is 1. The third-order valence-electron chi connectivity index (χ3n) is 3.76. The smallest absolute Gasteiger partial charge is 0.177 e. The molecule has 2 nitrogen and oxygen atoms in total. The highest BCUT2D eigenvalue weighted by Crippen LogP contribution is 2.37. The van der Waals surface area contributed by atoms with Crippen LogP contribution in [0.15, 0.2) is 17.6 Å². The zero-order valence-corrected chi connectivity index (χ0v) is 12.4. The molecule has 0 saturated carbocycles. The van der Waals surface area contributed by atoms with Crippen molar-refractivity contribution in [2.75, 3.05) is 0 Å². The van der Waals surface area contributed by atoms with Crippen molar-refractivity contribution in [3.8, 4) is 0 Å². The fraction of sp³-hybridized carbons (Fsp3) is 0.500. The molecule has 0 aliphatic heterocycles. The van der Waals surface area contributed by atoms with E-state index >= 15 is 0 Å². The molecule has 4 heteroatoms. The number of aromatic amines is 1. The fourth-order valence-electron chi connectivity index (χ4n) is 2.89. The van der Waals surface area contributed by atoms with E-state index in [4.69, 9.17) is 12.2 Å². The Hall–Kier alpha value is -0.870. The predicted octanol–water partition coefficient (Wildman–Crippen LogP) is 4.66. The van der Waals surface area contributed by atoms with Gasteiger partial charge in [-0.1, -0.05) is 13.8 Å². The van der Waals surface area contributed by atoms with Gasteiger partial charge in [0.1, 0.15) is 0 Å². The minimum absolute atomic E-state index is 0.441. The third-order valence-corrected chi connectivity index (χ3v) is 5.08. The second kappa shape index (κ2) is 4.67. The molecule has 18 heavy (non-hydrogen) atoms. The van der Waals surface area contributed by atoms with E-state index in [1.54, 1.807) is 4.88 Å². The Morgan fingerprint density at radius 3 is 3.11 bits per heavy atom. The number of thiophene rings is 1. The van der Waals surface area contributed by atoms with Gasteiger partial charge in [0.2, 0.25) is 0 Å². The predicted molar refractivity (Wildman–Crippen MR) is 79.1 cm³/mol. The van der Waals surface area contributed by atoms with Gasteiger partial charge in [-0.15, -0.1) is 11.3 Å². The minimum Gasteiger partial charge on any atom is -0.337 e. The van der Waals surface area contributed by atoms with Crippen LogP contribution in [0.25, 0.3) is 0 Å². The molecule has 0 spiro atoms. The number of rotatable bonds is 2. The summed E-state index contributed by atoms with van der Waals surface area (Å²) in [6, 6.07) is 2.72. The molecule has 1 unspecified atom stereocenters. The number of aryl methyl sites for hydroxylation is 1. The number of H-pyrrole nitrogens is 1. The summed E-state index contributed by atoms with van der Waals surface area (Å²) < 4.78 is 3.20.